The number of furan rings is 1. The molecule has 0 unspecified atom stereocenters. The van der Waals surface area contributed by atoms with Gasteiger partial charge in [0, 0.05) is 6.20 Å². The maximum atomic E-state index is 12.6. The van der Waals surface area contributed by atoms with E-state index in [2.05, 4.69) is 26.3 Å². The van der Waals surface area contributed by atoms with E-state index in [1.165, 1.54) is 0 Å². The van der Waals surface area contributed by atoms with Crippen LogP contribution in [0.4, 0.5) is 5.82 Å². The van der Waals surface area contributed by atoms with Gasteiger partial charge in [-0.2, -0.15) is 5.10 Å². The Morgan fingerprint density at radius 1 is 1.16 bits per heavy atom. The zero-order valence-electron chi connectivity index (χ0n) is 16.9. The number of rotatable bonds is 7. The van der Waals surface area contributed by atoms with Crippen LogP contribution in [0.2, 0.25) is 10.0 Å². The van der Waals surface area contributed by atoms with Crippen molar-refractivity contribution in [2.24, 2.45) is 0 Å². The molecular formula is C23H18BrCl2N3O3. The van der Waals surface area contributed by atoms with E-state index < -0.39 is 5.91 Å². The van der Waals surface area contributed by atoms with Crippen LogP contribution in [-0.2, 0) is 13.2 Å². The lowest BCUT2D eigenvalue weighted by Crippen LogP contribution is -2.12. The molecule has 164 valence electrons. The molecule has 0 aliphatic rings. The maximum Gasteiger partial charge on any atom is 0.292 e. The second-order valence-electron chi connectivity index (χ2n) is 7.05. The maximum absolute atomic E-state index is 12.6. The lowest BCUT2D eigenvalue weighted by Gasteiger charge is -2.06. The molecule has 0 atom stereocenters. The second-order valence-corrected chi connectivity index (χ2v) is 8.71. The predicted octanol–water partition coefficient (Wildman–Crippen LogP) is 6.73. The minimum atomic E-state index is -0.410. The van der Waals surface area contributed by atoms with Gasteiger partial charge in [-0.3, -0.25) is 9.48 Å². The molecule has 4 rings (SSSR count). The van der Waals surface area contributed by atoms with Crippen molar-refractivity contribution in [1.29, 1.82) is 0 Å². The SMILES string of the molecule is Cc1ccccc1OCc1ccc(C(=O)Nc2nn(Cc3ccc(Cl)c(Cl)c3)cc2Br)o1. The van der Waals surface area contributed by atoms with Crippen LogP contribution in [0.5, 0.6) is 5.75 Å². The molecule has 0 aliphatic carbocycles. The van der Waals surface area contributed by atoms with Crippen molar-refractivity contribution in [3.8, 4) is 5.75 Å². The smallest absolute Gasteiger partial charge is 0.292 e. The number of anilines is 1. The van der Waals surface area contributed by atoms with Crippen molar-refractivity contribution < 1.29 is 13.9 Å². The van der Waals surface area contributed by atoms with E-state index in [1.807, 2.05) is 37.3 Å². The number of ether oxygens (including phenoxy) is 1. The highest BCUT2D eigenvalue weighted by Crippen LogP contribution is 2.25. The van der Waals surface area contributed by atoms with Crippen LogP contribution in [0.15, 0.2) is 69.7 Å². The summed E-state index contributed by atoms with van der Waals surface area (Å²) in [4.78, 5) is 12.6. The molecule has 32 heavy (non-hydrogen) atoms. The number of hydrogen-bond donors (Lipinski definition) is 1. The van der Waals surface area contributed by atoms with Crippen LogP contribution in [0.3, 0.4) is 0 Å². The lowest BCUT2D eigenvalue weighted by molar-refractivity contribution is 0.0992. The van der Waals surface area contributed by atoms with E-state index >= 15 is 0 Å². The molecule has 0 spiro atoms. The summed E-state index contributed by atoms with van der Waals surface area (Å²) in [5.74, 6) is 1.45. The summed E-state index contributed by atoms with van der Waals surface area (Å²) in [6, 6.07) is 16.4. The number of aromatic nitrogens is 2. The Bertz CT molecular complexity index is 1270. The number of amides is 1. The highest BCUT2D eigenvalue weighted by molar-refractivity contribution is 9.10. The molecule has 2 aromatic heterocycles. The van der Waals surface area contributed by atoms with Crippen molar-refractivity contribution in [2.75, 3.05) is 5.32 Å². The first-order valence-electron chi connectivity index (χ1n) is 9.64. The number of halogens is 3. The quantitative estimate of drug-likeness (QED) is 0.285. The number of benzene rings is 2. The Morgan fingerprint density at radius 3 is 2.75 bits per heavy atom. The number of carbonyl (C=O) groups excluding carboxylic acids is 1. The lowest BCUT2D eigenvalue weighted by atomic mass is 10.2. The topological polar surface area (TPSA) is 69.3 Å². The Hall–Kier alpha value is -2.74. The van der Waals surface area contributed by atoms with E-state index in [4.69, 9.17) is 32.4 Å². The molecule has 2 aromatic carbocycles. The van der Waals surface area contributed by atoms with Crippen LogP contribution in [0.1, 0.15) is 27.4 Å². The molecule has 2 heterocycles. The van der Waals surface area contributed by atoms with E-state index in [1.54, 1.807) is 35.1 Å². The Balaban J connectivity index is 1.39. The molecule has 0 saturated heterocycles. The van der Waals surface area contributed by atoms with Gasteiger partial charge in [-0.1, -0.05) is 47.5 Å². The molecule has 4 aromatic rings. The summed E-state index contributed by atoms with van der Waals surface area (Å²) >= 11 is 15.5. The van der Waals surface area contributed by atoms with Gasteiger partial charge in [-0.25, -0.2) is 0 Å². The van der Waals surface area contributed by atoms with E-state index in [0.717, 1.165) is 16.9 Å². The first kappa shape index (κ1) is 22.5. The molecule has 1 N–H and O–H groups in total. The zero-order chi connectivity index (χ0) is 22.7. The summed E-state index contributed by atoms with van der Waals surface area (Å²) in [5.41, 5.74) is 1.95. The van der Waals surface area contributed by atoms with Gasteiger partial charge < -0.3 is 14.5 Å². The van der Waals surface area contributed by atoms with Gasteiger partial charge in [0.2, 0.25) is 0 Å². The van der Waals surface area contributed by atoms with Gasteiger partial charge in [-0.05, 0) is 64.3 Å². The fraction of sp³-hybridized carbons (Fsp3) is 0.130. The Kier molecular flexibility index (Phi) is 6.89. The Morgan fingerprint density at radius 2 is 1.97 bits per heavy atom. The van der Waals surface area contributed by atoms with Crippen LogP contribution >= 0.6 is 39.1 Å². The van der Waals surface area contributed by atoms with Crippen molar-refractivity contribution >= 4 is 50.9 Å². The largest absolute Gasteiger partial charge is 0.485 e. The van der Waals surface area contributed by atoms with Gasteiger partial charge in [0.25, 0.3) is 5.91 Å². The first-order valence-corrected chi connectivity index (χ1v) is 11.2. The van der Waals surface area contributed by atoms with Crippen molar-refractivity contribution in [3.63, 3.8) is 0 Å². The number of aryl methyl sites for hydroxylation is 1. The summed E-state index contributed by atoms with van der Waals surface area (Å²) in [6.45, 7) is 2.65. The molecular weight excluding hydrogens is 517 g/mol. The van der Waals surface area contributed by atoms with Gasteiger partial charge in [0.15, 0.2) is 11.6 Å². The van der Waals surface area contributed by atoms with E-state index in [9.17, 15) is 4.79 Å². The third-order valence-corrected chi connectivity index (χ3v) is 5.95. The molecule has 6 nitrogen and oxygen atoms in total. The van der Waals surface area contributed by atoms with Gasteiger partial charge in [0.05, 0.1) is 21.1 Å². The number of nitrogens with zero attached hydrogens (tertiary/aromatic N) is 2. The second kappa shape index (κ2) is 9.81. The minimum absolute atomic E-state index is 0.166. The molecule has 0 saturated carbocycles. The van der Waals surface area contributed by atoms with Gasteiger partial charge in [-0.15, -0.1) is 0 Å². The molecule has 0 radical (unpaired) electrons. The average Bonchev–Trinajstić information content (AvgIpc) is 3.37. The summed E-state index contributed by atoms with van der Waals surface area (Å²) in [6.07, 6.45) is 1.77. The van der Waals surface area contributed by atoms with Gasteiger partial charge in [0.1, 0.15) is 18.1 Å². The number of carbonyl (C=O) groups is 1. The molecule has 0 aliphatic heterocycles. The Labute approximate surface area is 203 Å². The average molecular weight is 535 g/mol. The standard InChI is InChI=1S/C23H18BrCl2N3O3/c1-14-4-2-3-5-20(14)31-13-16-7-9-21(32-16)23(30)27-22-17(24)12-29(28-22)11-15-6-8-18(25)19(26)10-15/h2-10,12H,11,13H2,1H3,(H,27,28,30). The van der Waals surface area contributed by atoms with Crippen LogP contribution in [-0.4, -0.2) is 15.7 Å². The molecule has 0 fully saturated rings. The monoisotopic (exact) mass is 533 g/mol. The fourth-order valence-corrected chi connectivity index (χ4v) is 3.74. The van der Waals surface area contributed by atoms with E-state index in [-0.39, 0.29) is 12.4 Å². The predicted molar refractivity (Wildman–Crippen MR) is 128 cm³/mol. The van der Waals surface area contributed by atoms with E-state index in [0.29, 0.717) is 32.6 Å². The first-order chi connectivity index (χ1) is 15.4. The third-order valence-electron chi connectivity index (χ3n) is 4.63. The van der Waals surface area contributed by atoms with Crippen LogP contribution in [0, 0.1) is 6.92 Å². The molecule has 1 amide bonds. The normalized spacial score (nSPS) is 10.9. The van der Waals surface area contributed by atoms with Crippen LogP contribution < -0.4 is 10.1 Å². The minimum Gasteiger partial charge on any atom is -0.485 e. The summed E-state index contributed by atoms with van der Waals surface area (Å²) in [5, 5.41) is 8.13. The summed E-state index contributed by atoms with van der Waals surface area (Å²) < 4.78 is 13.7. The number of para-hydroxylation sites is 1. The number of nitrogens with one attached hydrogen (secondary N) is 1. The highest BCUT2D eigenvalue weighted by Gasteiger charge is 2.16. The fourth-order valence-electron chi connectivity index (χ4n) is 3.00. The molecule has 0 bridgehead atoms. The zero-order valence-corrected chi connectivity index (χ0v) is 20.0. The third kappa shape index (κ3) is 5.35. The molecule has 9 heteroatoms. The van der Waals surface area contributed by atoms with Crippen molar-refractivity contribution in [1.82, 2.24) is 9.78 Å². The summed E-state index contributed by atoms with van der Waals surface area (Å²) in [7, 11) is 0. The number of hydrogen-bond acceptors (Lipinski definition) is 4. The van der Waals surface area contributed by atoms with Crippen LogP contribution in [0.25, 0.3) is 0 Å². The highest BCUT2D eigenvalue weighted by atomic mass is 79.9. The van der Waals surface area contributed by atoms with Crippen molar-refractivity contribution in [3.05, 3.63) is 98.0 Å². The van der Waals surface area contributed by atoms with Gasteiger partial charge >= 0.3 is 0 Å². The van der Waals surface area contributed by atoms with Crippen molar-refractivity contribution in [2.45, 2.75) is 20.1 Å².